The summed E-state index contributed by atoms with van der Waals surface area (Å²) in [4.78, 5) is 12.8. The molecule has 2 aliphatic heterocycles. The number of amides is 1. The highest BCUT2D eigenvalue weighted by atomic mass is 19.4. The van der Waals surface area contributed by atoms with Crippen LogP contribution in [0.5, 0.6) is 11.6 Å². The summed E-state index contributed by atoms with van der Waals surface area (Å²) >= 11 is 0. The van der Waals surface area contributed by atoms with E-state index in [0.717, 1.165) is 18.2 Å². The van der Waals surface area contributed by atoms with Crippen LogP contribution in [-0.4, -0.2) is 46.0 Å². The summed E-state index contributed by atoms with van der Waals surface area (Å²) in [5.74, 6) is -0.644. The van der Waals surface area contributed by atoms with E-state index < -0.39 is 41.8 Å². The Labute approximate surface area is 179 Å². The molecule has 3 atom stereocenters. The van der Waals surface area contributed by atoms with Gasteiger partial charge in [-0.15, -0.1) is 0 Å². The Morgan fingerprint density at radius 1 is 1.38 bits per heavy atom. The third-order valence-corrected chi connectivity index (χ3v) is 5.75. The number of benzene rings is 1. The highest BCUT2D eigenvalue weighted by Gasteiger charge is 2.45. The molecule has 0 saturated carbocycles. The first-order valence-corrected chi connectivity index (χ1v) is 9.93. The summed E-state index contributed by atoms with van der Waals surface area (Å²) in [5, 5.41) is 17.8. The number of halogens is 5. The molecule has 1 aromatic heterocycles. The smallest absolute Gasteiger partial charge is 0.416 e. The second-order valence-corrected chi connectivity index (χ2v) is 7.69. The number of rotatable bonds is 4. The number of hydrogen-bond acceptors (Lipinski definition) is 5. The number of hydrogen-bond donors (Lipinski definition) is 2. The van der Waals surface area contributed by atoms with Gasteiger partial charge in [0.05, 0.1) is 11.6 Å². The van der Waals surface area contributed by atoms with Crippen LogP contribution in [-0.2, 0) is 18.3 Å². The van der Waals surface area contributed by atoms with Crippen LogP contribution in [0, 0.1) is 0 Å². The van der Waals surface area contributed by atoms with Crippen molar-refractivity contribution < 1.29 is 41.3 Å². The van der Waals surface area contributed by atoms with Gasteiger partial charge in [-0.3, -0.25) is 4.79 Å². The van der Waals surface area contributed by atoms with Gasteiger partial charge in [0.15, 0.2) is 11.8 Å². The lowest BCUT2D eigenvalue weighted by Crippen LogP contribution is -2.56. The summed E-state index contributed by atoms with van der Waals surface area (Å²) in [6, 6.07) is 2.93. The van der Waals surface area contributed by atoms with E-state index in [1.165, 1.54) is 10.7 Å². The number of ether oxygens (including phenoxy) is 2. The maximum absolute atomic E-state index is 13.2. The molecule has 0 saturated heterocycles. The molecule has 1 amide bonds. The first kappa shape index (κ1) is 22.3. The summed E-state index contributed by atoms with van der Waals surface area (Å²) in [5.41, 5.74) is -3.01. The van der Waals surface area contributed by atoms with Crippen LogP contribution >= 0.6 is 0 Å². The van der Waals surface area contributed by atoms with E-state index in [0.29, 0.717) is 0 Å². The highest BCUT2D eigenvalue weighted by molar-refractivity contribution is 5.93. The number of alkyl halides is 5. The fraction of sp³-hybridized carbons (Fsp3) is 0.500. The standard InChI is InChI=1S/C20H20F5N3O4/c1-2-19(30)11-7-10(20(23,24)25)3-4-13(11)31-9-15(19)26-18(29)12-8-16-28(27-12)6-5-14(32-16)17(21)22/h3-4,7-8,14-15,17,30H,2,5-6,9H2,1H3,(H,26,29)/t14?,15-,19?/m0/s1. The average Bonchev–Trinajstić information content (AvgIpc) is 3.18. The molecular weight excluding hydrogens is 441 g/mol. The number of fused-ring (bicyclic) bond motifs is 2. The lowest BCUT2D eigenvalue weighted by Gasteiger charge is -2.41. The molecule has 0 fully saturated rings. The number of nitrogens with zero attached hydrogens (tertiary/aromatic N) is 2. The second kappa shape index (κ2) is 7.91. The molecule has 2 aromatic rings. The number of nitrogens with one attached hydrogen (secondary N) is 1. The normalized spacial score (nSPS) is 24.9. The van der Waals surface area contributed by atoms with Gasteiger partial charge in [0, 0.05) is 24.6 Å². The molecule has 32 heavy (non-hydrogen) atoms. The zero-order valence-corrected chi connectivity index (χ0v) is 16.8. The lowest BCUT2D eigenvalue weighted by atomic mass is 9.81. The van der Waals surface area contributed by atoms with Gasteiger partial charge in [0.25, 0.3) is 12.3 Å². The number of aliphatic hydroxyl groups is 1. The Morgan fingerprint density at radius 2 is 2.12 bits per heavy atom. The van der Waals surface area contributed by atoms with E-state index >= 15 is 0 Å². The van der Waals surface area contributed by atoms with Crippen molar-refractivity contribution in [2.75, 3.05) is 6.61 Å². The van der Waals surface area contributed by atoms with Crippen molar-refractivity contribution in [3.8, 4) is 11.6 Å². The Bertz CT molecular complexity index is 1030. The maximum atomic E-state index is 13.2. The summed E-state index contributed by atoms with van der Waals surface area (Å²) < 4.78 is 77.2. The van der Waals surface area contributed by atoms with Crippen LogP contribution in [0.2, 0.25) is 0 Å². The molecule has 7 nitrogen and oxygen atoms in total. The largest absolute Gasteiger partial charge is 0.491 e. The molecule has 2 aliphatic rings. The van der Waals surface area contributed by atoms with Crippen molar-refractivity contribution in [3.63, 3.8) is 0 Å². The minimum Gasteiger partial charge on any atom is -0.491 e. The highest BCUT2D eigenvalue weighted by Crippen LogP contribution is 2.42. The van der Waals surface area contributed by atoms with E-state index in [9.17, 15) is 31.9 Å². The van der Waals surface area contributed by atoms with Crippen molar-refractivity contribution >= 4 is 5.91 Å². The van der Waals surface area contributed by atoms with Gasteiger partial charge in [-0.2, -0.15) is 18.3 Å². The van der Waals surface area contributed by atoms with E-state index in [4.69, 9.17) is 9.47 Å². The lowest BCUT2D eigenvalue weighted by molar-refractivity contribution is -0.138. The first-order chi connectivity index (χ1) is 15.0. The number of carbonyl (C=O) groups is 1. The summed E-state index contributed by atoms with van der Waals surface area (Å²) in [6.07, 6.45) is -8.58. The maximum Gasteiger partial charge on any atom is 0.416 e. The van der Waals surface area contributed by atoms with Crippen LogP contribution in [0.3, 0.4) is 0 Å². The second-order valence-electron chi connectivity index (χ2n) is 7.69. The number of aromatic nitrogens is 2. The molecule has 4 rings (SSSR count). The van der Waals surface area contributed by atoms with Crippen LogP contribution in [0.15, 0.2) is 24.3 Å². The van der Waals surface area contributed by atoms with Crippen LogP contribution in [0.4, 0.5) is 22.0 Å². The average molecular weight is 461 g/mol. The molecule has 3 heterocycles. The molecule has 0 spiro atoms. The van der Waals surface area contributed by atoms with E-state index in [1.807, 2.05) is 0 Å². The predicted molar refractivity (Wildman–Crippen MR) is 99.6 cm³/mol. The van der Waals surface area contributed by atoms with Gasteiger partial charge < -0.3 is 19.9 Å². The molecule has 0 radical (unpaired) electrons. The van der Waals surface area contributed by atoms with Gasteiger partial charge in [-0.1, -0.05) is 6.92 Å². The fourth-order valence-corrected chi connectivity index (χ4v) is 3.91. The third kappa shape index (κ3) is 3.87. The first-order valence-electron chi connectivity index (χ1n) is 9.93. The van der Waals surface area contributed by atoms with Gasteiger partial charge in [0.2, 0.25) is 5.88 Å². The van der Waals surface area contributed by atoms with Crippen LogP contribution in [0.1, 0.15) is 41.4 Å². The van der Waals surface area contributed by atoms with E-state index in [-0.39, 0.29) is 48.9 Å². The summed E-state index contributed by atoms with van der Waals surface area (Å²) in [6.45, 7) is 1.52. The van der Waals surface area contributed by atoms with E-state index in [1.54, 1.807) is 6.92 Å². The Kier molecular flexibility index (Phi) is 5.51. The van der Waals surface area contributed by atoms with Gasteiger partial charge >= 0.3 is 6.18 Å². The fourth-order valence-electron chi connectivity index (χ4n) is 3.91. The third-order valence-electron chi connectivity index (χ3n) is 5.75. The zero-order chi connectivity index (χ0) is 23.3. The summed E-state index contributed by atoms with van der Waals surface area (Å²) in [7, 11) is 0. The van der Waals surface area contributed by atoms with Crippen LogP contribution < -0.4 is 14.8 Å². The van der Waals surface area contributed by atoms with Crippen molar-refractivity contribution in [2.24, 2.45) is 0 Å². The molecule has 12 heteroatoms. The molecule has 0 aliphatic carbocycles. The SMILES string of the molecule is CCC1(O)c2cc(C(F)(F)F)ccc2OC[C@@H]1NC(=O)c1cc2n(n1)CCC(C(F)F)O2. The van der Waals surface area contributed by atoms with Crippen molar-refractivity contribution in [3.05, 3.63) is 41.1 Å². The van der Waals surface area contributed by atoms with Gasteiger partial charge in [0.1, 0.15) is 18.0 Å². The Hall–Kier alpha value is -2.89. The molecule has 174 valence electrons. The number of aryl methyl sites for hydroxylation is 1. The van der Waals surface area contributed by atoms with E-state index in [2.05, 4.69) is 10.4 Å². The van der Waals surface area contributed by atoms with Crippen LogP contribution in [0.25, 0.3) is 0 Å². The number of carbonyl (C=O) groups excluding carboxylic acids is 1. The van der Waals surface area contributed by atoms with Gasteiger partial charge in [-0.25, -0.2) is 13.5 Å². The topological polar surface area (TPSA) is 85.6 Å². The van der Waals surface area contributed by atoms with Crippen molar-refractivity contribution in [2.45, 2.75) is 56.7 Å². The van der Waals surface area contributed by atoms with Gasteiger partial charge in [-0.05, 0) is 24.6 Å². The quantitative estimate of drug-likeness (QED) is 0.684. The monoisotopic (exact) mass is 461 g/mol. The molecule has 0 bridgehead atoms. The molecular formula is C20H20F5N3O4. The molecule has 2 N–H and O–H groups in total. The minimum absolute atomic E-state index is 0.00547. The molecule has 1 aromatic carbocycles. The van der Waals surface area contributed by atoms with Crippen molar-refractivity contribution in [1.29, 1.82) is 0 Å². The Balaban J connectivity index is 1.57. The minimum atomic E-state index is -4.62. The zero-order valence-electron chi connectivity index (χ0n) is 16.8. The predicted octanol–water partition coefficient (Wildman–Crippen LogP) is 3.11. The Morgan fingerprint density at radius 3 is 2.78 bits per heavy atom. The van der Waals surface area contributed by atoms with Crippen molar-refractivity contribution in [1.82, 2.24) is 15.1 Å². The molecule has 2 unspecified atom stereocenters.